The van der Waals surface area contributed by atoms with E-state index in [1.54, 1.807) is 46.9 Å². The SMILES string of the molecule is COc1ccc(COc2ccc(C)nc2C[C@H](NC(=O)OC(C)(C)C)C(=O)O)cc1. The van der Waals surface area contributed by atoms with Crippen molar-refractivity contribution in [3.63, 3.8) is 0 Å². The molecule has 162 valence electrons. The Morgan fingerprint density at radius 3 is 2.37 bits per heavy atom. The zero-order valence-electron chi connectivity index (χ0n) is 17.9. The van der Waals surface area contributed by atoms with Crippen LogP contribution in [0.4, 0.5) is 4.79 Å². The van der Waals surface area contributed by atoms with Gasteiger partial charge < -0.3 is 24.6 Å². The number of carboxylic acids is 1. The highest BCUT2D eigenvalue weighted by Gasteiger charge is 2.26. The van der Waals surface area contributed by atoms with E-state index in [1.165, 1.54) is 0 Å². The average molecular weight is 416 g/mol. The molecule has 30 heavy (non-hydrogen) atoms. The van der Waals surface area contributed by atoms with Crippen molar-refractivity contribution in [1.82, 2.24) is 10.3 Å². The third-order valence-electron chi connectivity index (χ3n) is 4.01. The summed E-state index contributed by atoms with van der Waals surface area (Å²) < 4.78 is 16.2. The van der Waals surface area contributed by atoms with Crippen LogP contribution in [0.25, 0.3) is 0 Å². The minimum Gasteiger partial charge on any atom is -0.497 e. The number of nitrogens with one attached hydrogen (secondary N) is 1. The van der Waals surface area contributed by atoms with Gasteiger partial charge in [-0.2, -0.15) is 0 Å². The number of carboxylic acid groups (broad SMARTS) is 1. The number of aryl methyl sites for hydroxylation is 1. The summed E-state index contributed by atoms with van der Waals surface area (Å²) >= 11 is 0. The van der Waals surface area contributed by atoms with Crippen LogP contribution in [0, 0.1) is 6.92 Å². The van der Waals surface area contributed by atoms with E-state index in [4.69, 9.17) is 14.2 Å². The highest BCUT2D eigenvalue weighted by atomic mass is 16.6. The molecule has 2 aromatic rings. The first-order valence-corrected chi connectivity index (χ1v) is 9.52. The van der Waals surface area contributed by atoms with Gasteiger partial charge in [-0.3, -0.25) is 4.98 Å². The van der Waals surface area contributed by atoms with Gasteiger partial charge in [0.15, 0.2) is 0 Å². The molecule has 0 aliphatic heterocycles. The number of ether oxygens (including phenoxy) is 3. The molecule has 1 heterocycles. The number of methoxy groups -OCH3 is 1. The summed E-state index contributed by atoms with van der Waals surface area (Å²) in [5.41, 5.74) is 1.33. The van der Waals surface area contributed by atoms with Crippen LogP contribution < -0.4 is 14.8 Å². The molecule has 1 atom stereocenters. The molecule has 0 radical (unpaired) electrons. The number of carbonyl (C=O) groups excluding carboxylic acids is 1. The van der Waals surface area contributed by atoms with Gasteiger partial charge >= 0.3 is 12.1 Å². The first-order valence-electron chi connectivity index (χ1n) is 9.52. The summed E-state index contributed by atoms with van der Waals surface area (Å²) in [5.74, 6) is 0.00730. The highest BCUT2D eigenvalue weighted by molar-refractivity contribution is 5.80. The van der Waals surface area contributed by atoms with E-state index in [1.807, 2.05) is 24.3 Å². The predicted octanol–water partition coefficient (Wildman–Crippen LogP) is 3.50. The van der Waals surface area contributed by atoms with Crippen molar-refractivity contribution in [2.24, 2.45) is 0 Å². The smallest absolute Gasteiger partial charge is 0.408 e. The minimum absolute atomic E-state index is 0.0474. The number of pyridine rings is 1. The normalized spacial score (nSPS) is 12.0. The molecule has 0 aliphatic rings. The Morgan fingerprint density at radius 1 is 1.13 bits per heavy atom. The molecule has 1 aromatic carbocycles. The molecule has 8 heteroatoms. The van der Waals surface area contributed by atoms with Crippen molar-refractivity contribution in [1.29, 1.82) is 0 Å². The number of hydrogen-bond acceptors (Lipinski definition) is 6. The van der Waals surface area contributed by atoms with E-state index < -0.39 is 23.7 Å². The number of benzene rings is 1. The maximum absolute atomic E-state index is 12.0. The quantitative estimate of drug-likeness (QED) is 0.678. The topological polar surface area (TPSA) is 107 Å². The lowest BCUT2D eigenvalue weighted by molar-refractivity contribution is -0.139. The molecule has 0 bridgehead atoms. The molecule has 0 unspecified atom stereocenters. The van der Waals surface area contributed by atoms with Crippen molar-refractivity contribution >= 4 is 12.1 Å². The van der Waals surface area contributed by atoms with Crippen molar-refractivity contribution < 1.29 is 28.9 Å². The maximum Gasteiger partial charge on any atom is 0.408 e. The van der Waals surface area contributed by atoms with Crippen molar-refractivity contribution in [2.75, 3.05) is 7.11 Å². The van der Waals surface area contributed by atoms with E-state index in [2.05, 4.69) is 10.3 Å². The fraction of sp³-hybridized carbons (Fsp3) is 0.409. The Bertz CT molecular complexity index is 874. The maximum atomic E-state index is 12.0. The highest BCUT2D eigenvalue weighted by Crippen LogP contribution is 2.21. The van der Waals surface area contributed by atoms with Crippen LogP contribution in [-0.4, -0.2) is 40.9 Å². The van der Waals surface area contributed by atoms with Gasteiger partial charge in [0.05, 0.1) is 12.8 Å². The van der Waals surface area contributed by atoms with E-state index in [0.717, 1.165) is 11.3 Å². The largest absolute Gasteiger partial charge is 0.497 e. The lowest BCUT2D eigenvalue weighted by Crippen LogP contribution is -2.44. The summed E-state index contributed by atoms with van der Waals surface area (Å²) in [6.07, 6.45) is -0.850. The molecule has 1 amide bonds. The number of amides is 1. The van der Waals surface area contributed by atoms with Crippen molar-refractivity contribution in [3.05, 3.63) is 53.3 Å². The fourth-order valence-corrected chi connectivity index (χ4v) is 2.60. The van der Waals surface area contributed by atoms with E-state index >= 15 is 0 Å². The van der Waals surface area contributed by atoms with Crippen molar-refractivity contribution in [2.45, 2.75) is 52.4 Å². The third-order valence-corrected chi connectivity index (χ3v) is 4.01. The molecule has 0 spiro atoms. The van der Waals surface area contributed by atoms with Gasteiger partial charge in [0.1, 0.15) is 29.7 Å². The number of alkyl carbamates (subject to hydrolysis) is 1. The number of hydrogen-bond donors (Lipinski definition) is 2. The van der Waals surface area contributed by atoms with Gasteiger partial charge in [0, 0.05) is 12.1 Å². The van der Waals surface area contributed by atoms with Gasteiger partial charge in [-0.25, -0.2) is 9.59 Å². The molecule has 1 aromatic heterocycles. The van der Waals surface area contributed by atoms with Gasteiger partial charge in [-0.15, -0.1) is 0 Å². The van der Waals surface area contributed by atoms with Crippen LogP contribution in [0.3, 0.4) is 0 Å². The molecular formula is C22H28N2O6. The number of aliphatic carboxylic acids is 1. The van der Waals surface area contributed by atoms with Crippen LogP contribution >= 0.6 is 0 Å². The van der Waals surface area contributed by atoms with E-state index in [9.17, 15) is 14.7 Å². The van der Waals surface area contributed by atoms with Gasteiger partial charge in [-0.1, -0.05) is 12.1 Å². The van der Waals surface area contributed by atoms with Crippen molar-refractivity contribution in [3.8, 4) is 11.5 Å². The minimum atomic E-state index is -1.21. The summed E-state index contributed by atoms with van der Waals surface area (Å²) in [5, 5.41) is 11.9. The van der Waals surface area contributed by atoms with Gasteiger partial charge in [0.2, 0.25) is 0 Å². The summed E-state index contributed by atoms with van der Waals surface area (Å²) in [7, 11) is 1.60. The molecule has 0 aliphatic carbocycles. The van der Waals surface area contributed by atoms with Crippen LogP contribution in [0.1, 0.15) is 37.7 Å². The first kappa shape index (κ1) is 23.0. The Hall–Kier alpha value is -3.29. The van der Waals surface area contributed by atoms with Gasteiger partial charge in [0.25, 0.3) is 0 Å². The van der Waals surface area contributed by atoms with Gasteiger partial charge in [-0.05, 0) is 57.5 Å². The van der Waals surface area contributed by atoms with Crippen LogP contribution in [-0.2, 0) is 22.6 Å². The zero-order valence-corrected chi connectivity index (χ0v) is 17.9. The van der Waals surface area contributed by atoms with Crippen LogP contribution in [0.2, 0.25) is 0 Å². The Balaban J connectivity index is 2.13. The molecular weight excluding hydrogens is 388 g/mol. The molecule has 0 saturated carbocycles. The third kappa shape index (κ3) is 7.27. The fourth-order valence-electron chi connectivity index (χ4n) is 2.60. The predicted molar refractivity (Wildman–Crippen MR) is 111 cm³/mol. The second-order valence-corrected chi connectivity index (χ2v) is 7.78. The summed E-state index contributed by atoms with van der Waals surface area (Å²) in [6, 6.07) is 9.74. The lowest BCUT2D eigenvalue weighted by Gasteiger charge is -2.22. The Morgan fingerprint density at radius 2 is 1.80 bits per heavy atom. The Labute approximate surface area is 176 Å². The Kier molecular flexibility index (Phi) is 7.63. The van der Waals surface area contributed by atoms with Crippen LogP contribution in [0.15, 0.2) is 36.4 Å². The summed E-state index contributed by atoms with van der Waals surface area (Å²) in [6.45, 7) is 7.19. The average Bonchev–Trinajstić information content (AvgIpc) is 2.65. The first-order chi connectivity index (χ1) is 14.1. The second kappa shape index (κ2) is 9.96. The number of carbonyl (C=O) groups is 2. The molecule has 8 nitrogen and oxygen atoms in total. The van der Waals surface area contributed by atoms with E-state index in [0.29, 0.717) is 17.1 Å². The number of nitrogens with zero attached hydrogens (tertiary/aromatic N) is 1. The molecule has 2 N–H and O–H groups in total. The standard InChI is InChI=1S/C22H28N2O6/c1-14-6-11-19(29-13-15-7-9-16(28-5)10-8-15)17(23-14)12-18(20(25)26)24-21(27)30-22(2,3)4/h6-11,18H,12-13H2,1-5H3,(H,24,27)(H,25,26)/t18-/m0/s1. The monoisotopic (exact) mass is 416 g/mol. The zero-order chi connectivity index (χ0) is 22.3. The molecule has 2 rings (SSSR count). The summed E-state index contributed by atoms with van der Waals surface area (Å²) in [4.78, 5) is 28.1. The van der Waals surface area contributed by atoms with Crippen LogP contribution in [0.5, 0.6) is 11.5 Å². The number of aromatic nitrogens is 1. The lowest BCUT2D eigenvalue weighted by atomic mass is 10.1. The molecule has 0 saturated heterocycles. The molecule has 0 fully saturated rings. The second-order valence-electron chi connectivity index (χ2n) is 7.78. The van der Waals surface area contributed by atoms with E-state index in [-0.39, 0.29) is 13.0 Å². The number of rotatable bonds is 8.